The summed E-state index contributed by atoms with van der Waals surface area (Å²) in [6.45, 7) is 0. The topological polar surface area (TPSA) is 91.9 Å². The van der Waals surface area contributed by atoms with Crippen LogP contribution >= 0.6 is 0 Å². The normalized spacial score (nSPS) is 15.9. The molecular formula is C20H20N2O6. The molecule has 1 aliphatic rings. The molecule has 146 valence electrons. The Morgan fingerprint density at radius 2 is 1.79 bits per heavy atom. The summed E-state index contributed by atoms with van der Waals surface area (Å²) in [6, 6.07) is 7.20. The number of rotatable bonds is 4. The van der Waals surface area contributed by atoms with Crippen LogP contribution in [-0.2, 0) is 11.8 Å². The number of benzene rings is 2. The Morgan fingerprint density at radius 1 is 1.04 bits per heavy atom. The largest absolute Gasteiger partial charge is 0.493 e. The highest BCUT2D eigenvalue weighted by molar-refractivity contribution is 5.98. The number of fused-ring (bicyclic) bond motifs is 2. The summed E-state index contributed by atoms with van der Waals surface area (Å²) in [5.41, 5.74) is 3.35. The van der Waals surface area contributed by atoms with Gasteiger partial charge in [-0.25, -0.2) is 4.79 Å². The number of aryl methyl sites for hydroxylation is 1. The van der Waals surface area contributed by atoms with E-state index < -0.39 is 5.76 Å². The maximum atomic E-state index is 12.4. The summed E-state index contributed by atoms with van der Waals surface area (Å²) in [6.07, 6.45) is 0.224. The van der Waals surface area contributed by atoms with Crippen molar-refractivity contribution in [3.8, 4) is 17.2 Å². The Balaban J connectivity index is 1.95. The van der Waals surface area contributed by atoms with Crippen LogP contribution in [0, 0.1) is 0 Å². The average molecular weight is 384 g/mol. The van der Waals surface area contributed by atoms with Crippen molar-refractivity contribution in [2.24, 2.45) is 7.05 Å². The maximum absolute atomic E-state index is 12.4. The summed E-state index contributed by atoms with van der Waals surface area (Å²) < 4.78 is 23.2. The molecule has 28 heavy (non-hydrogen) atoms. The van der Waals surface area contributed by atoms with Gasteiger partial charge in [0.25, 0.3) is 0 Å². The summed E-state index contributed by atoms with van der Waals surface area (Å²) in [5, 5.41) is 2.88. The molecule has 4 rings (SSSR count). The number of hydrogen-bond acceptors (Lipinski definition) is 6. The highest BCUT2D eigenvalue weighted by atomic mass is 16.5. The lowest BCUT2D eigenvalue weighted by Gasteiger charge is -2.28. The van der Waals surface area contributed by atoms with Crippen molar-refractivity contribution in [1.29, 1.82) is 0 Å². The van der Waals surface area contributed by atoms with Crippen molar-refractivity contribution in [3.63, 3.8) is 0 Å². The second-order valence-corrected chi connectivity index (χ2v) is 6.56. The summed E-state index contributed by atoms with van der Waals surface area (Å²) in [4.78, 5) is 24.3. The van der Waals surface area contributed by atoms with Crippen LogP contribution in [0.4, 0.5) is 5.69 Å². The number of aromatic nitrogens is 1. The molecule has 1 N–H and O–H groups in total. The van der Waals surface area contributed by atoms with Crippen molar-refractivity contribution in [2.75, 3.05) is 26.6 Å². The standard InChI is InChI=1S/C20H20N2O6/c1-22-14-9-13-12(7-16(14)28-20(22)24)11(8-17(23)21-13)10-5-6-15(25-2)19(27-4)18(10)26-3/h5-7,9,11H,8H2,1-4H3,(H,21,23). The molecule has 0 saturated heterocycles. The first-order chi connectivity index (χ1) is 13.5. The number of anilines is 1. The van der Waals surface area contributed by atoms with Gasteiger partial charge in [-0.1, -0.05) is 6.07 Å². The number of amides is 1. The van der Waals surface area contributed by atoms with Crippen molar-refractivity contribution in [2.45, 2.75) is 12.3 Å². The number of methoxy groups -OCH3 is 3. The third-order valence-electron chi connectivity index (χ3n) is 5.11. The number of carbonyl (C=O) groups is 1. The van der Waals surface area contributed by atoms with E-state index in [4.69, 9.17) is 18.6 Å². The molecule has 0 fully saturated rings. The van der Waals surface area contributed by atoms with E-state index in [-0.39, 0.29) is 18.2 Å². The zero-order chi connectivity index (χ0) is 20.0. The van der Waals surface area contributed by atoms with E-state index >= 15 is 0 Å². The minimum atomic E-state index is -0.455. The highest BCUT2D eigenvalue weighted by Gasteiger charge is 2.32. The second kappa shape index (κ2) is 6.63. The minimum absolute atomic E-state index is 0.123. The number of nitrogens with one attached hydrogen (secondary N) is 1. The Hall–Kier alpha value is -3.42. The number of ether oxygens (including phenoxy) is 3. The van der Waals surface area contributed by atoms with Crippen LogP contribution in [0.25, 0.3) is 11.1 Å². The second-order valence-electron chi connectivity index (χ2n) is 6.56. The summed E-state index contributed by atoms with van der Waals surface area (Å²) >= 11 is 0. The van der Waals surface area contributed by atoms with Crippen molar-refractivity contribution >= 4 is 22.7 Å². The third-order valence-corrected chi connectivity index (χ3v) is 5.11. The van der Waals surface area contributed by atoms with Gasteiger partial charge in [0.05, 0.1) is 26.8 Å². The molecule has 2 heterocycles. The molecule has 0 radical (unpaired) electrons. The first-order valence-electron chi connectivity index (χ1n) is 8.70. The van der Waals surface area contributed by atoms with Gasteiger partial charge in [0.1, 0.15) is 0 Å². The molecule has 1 unspecified atom stereocenters. The molecule has 8 heteroatoms. The van der Waals surface area contributed by atoms with E-state index in [0.717, 1.165) is 11.1 Å². The molecule has 1 aromatic heterocycles. The third kappa shape index (κ3) is 2.60. The first-order valence-corrected chi connectivity index (χ1v) is 8.70. The molecule has 0 spiro atoms. The van der Waals surface area contributed by atoms with Crippen LogP contribution in [0.1, 0.15) is 23.5 Å². The lowest BCUT2D eigenvalue weighted by molar-refractivity contribution is -0.116. The summed E-state index contributed by atoms with van der Waals surface area (Å²) in [7, 11) is 6.26. The van der Waals surface area contributed by atoms with Crippen molar-refractivity contribution in [3.05, 3.63) is 45.9 Å². The van der Waals surface area contributed by atoms with E-state index in [1.165, 1.54) is 11.7 Å². The van der Waals surface area contributed by atoms with Gasteiger partial charge in [-0.05, 0) is 23.8 Å². The first kappa shape index (κ1) is 18.0. The average Bonchev–Trinajstić information content (AvgIpc) is 2.97. The molecule has 1 amide bonds. The molecule has 1 atom stereocenters. The molecule has 3 aromatic rings. The Bertz CT molecular complexity index is 1140. The number of carbonyl (C=O) groups excluding carboxylic acids is 1. The van der Waals surface area contributed by atoms with Crippen LogP contribution < -0.4 is 25.3 Å². The van der Waals surface area contributed by atoms with E-state index in [2.05, 4.69) is 5.32 Å². The van der Waals surface area contributed by atoms with Gasteiger partial charge in [-0.2, -0.15) is 0 Å². The monoisotopic (exact) mass is 384 g/mol. The SMILES string of the molecule is COc1ccc(C2CC(=O)Nc3cc4c(cc32)oc(=O)n4C)c(OC)c1OC. The Kier molecular flexibility index (Phi) is 4.26. The van der Waals surface area contributed by atoms with Crippen molar-refractivity contribution < 1.29 is 23.4 Å². The molecular weight excluding hydrogens is 364 g/mol. The highest BCUT2D eigenvalue weighted by Crippen LogP contribution is 2.48. The smallest absolute Gasteiger partial charge is 0.419 e. The molecule has 0 saturated carbocycles. The van der Waals surface area contributed by atoms with Crippen LogP contribution in [0.3, 0.4) is 0 Å². The van der Waals surface area contributed by atoms with Gasteiger partial charge in [-0.15, -0.1) is 0 Å². The molecule has 0 bridgehead atoms. The van der Waals surface area contributed by atoms with Gasteiger partial charge < -0.3 is 23.9 Å². The summed E-state index contributed by atoms with van der Waals surface area (Å²) in [5.74, 6) is 0.622. The fourth-order valence-electron chi connectivity index (χ4n) is 3.76. The predicted molar refractivity (Wildman–Crippen MR) is 103 cm³/mol. The predicted octanol–water partition coefficient (Wildman–Crippen LogP) is 2.63. The molecule has 0 aliphatic carbocycles. The molecule has 2 aromatic carbocycles. The van der Waals surface area contributed by atoms with Gasteiger partial charge in [0.2, 0.25) is 11.7 Å². The fraction of sp³-hybridized carbons (Fsp3) is 0.300. The zero-order valence-electron chi connectivity index (χ0n) is 16.0. The van der Waals surface area contributed by atoms with Crippen molar-refractivity contribution in [1.82, 2.24) is 4.57 Å². The van der Waals surface area contributed by atoms with Gasteiger partial charge >= 0.3 is 5.76 Å². The van der Waals surface area contributed by atoms with E-state index in [1.54, 1.807) is 39.5 Å². The number of hydrogen-bond donors (Lipinski definition) is 1. The fourth-order valence-corrected chi connectivity index (χ4v) is 3.76. The zero-order valence-corrected chi connectivity index (χ0v) is 16.0. The lowest BCUT2D eigenvalue weighted by atomic mass is 9.84. The van der Waals surface area contributed by atoms with Gasteiger partial charge in [0, 0.05) is 30.6 Å². The van der Waals surface area contributed by atoms with E-state index in [1.807, 2.05) is 6.07 Å². The Labute approximate surface area is 160 Å². The number of oxazole rings is 1. The van der Waals surface area contributed by atoms with Crippen LogP contribution in [0.15, 0.2) is 33.5 Å². The van der Waals surface area contributed by atoms with Gasteiger partial charge in [0.15, 0.2) is 17.1 Å². The lowest BCUT2D eigenvalue weighted by Crippen LogP contribution is -2.24. The Morgan fingerprint density at radius 3 is 2.46 bits per heavy atom. The minimum Gasteiger partial charge on any atom is -0.493 e. The number of nitrogens with zero attached hydrogens (tertiary/aromatic N) is 1. The van der Waals surface area contributed by atoms with E-state index in [9.17, 15) is 9.59 Å². The molecule has 8 nitrogen and oxygen atoms in total. The van der Waals surface area contributed by atoms with E-state index in [0.29, 0.717) is 34.0 Å². The quantitative estimate of drug-likeness (QED) is 0.744. The van der Waals surface area contributed by atoms with Crippen LogP contribution in [0.5, 0.6) is 17.2 Å². The maximum Gasteiger partial charge on any atom is 0.419 e. The van der Waals surface area contributed by atoms with Crippen LogP contribution in [0.2, 0.25) is 0 Å². The molecule has 1 aliphatic heterocycles. The van der Waals surface area contributed by atoms with Gasteiger partial charge in [-0.3, -0.25) is 9.36 Å². The van der Waals surface area contributed by atoms with Crippen LogP contribution in [-0.4, -0.2) is 31.8 Å².